The van der Waals surface area contributed by atoms with Crippen LogP contribution in [0.15, 0.2) is 18.7 Å². The van der Waals surface area contributed by atoms with Gasteiger partial charge in [0.15, 0.2) is 0 Å². The van der Waals surface area contributed by atoms with Gasteiger partial charge in [-0.1, -0.05) is 6.92 Å². The van der Waals surface area contributed by atoms with Crippen LogP contribution in [0.2, 0.25) is 0 Å². The van der Waals surface area contributed by atoms with Crippen LogP contribution >= 0.6 is 11.8 Å². The summed E-state index contributed by atoms with van der Waals surface area (Å²) in [6.45, 7) is 4.07. The van der Waals surface area contributed by atoms with E-state index in [-0.39, 0.29) is 0 Å². The molecule has 0 aliphatic carbocycles. The molecule has 0 spiro atoms. The van der Waals surface area contributed by atoms with E-state index in [1.807, 2.05) is 18.0 Å². The summed E-state index contributed by atoms with van der Waals surface area (Å²) in [4.78, 5) is 0. The van der Waals surface area contributed by atoms with Gasteiger partial charge in [-0.25, -0.2) is 9.13 Å². The Morgan fingerprint density at radius 2 is 2.40 bits per heavy atom. The van der Waals surface area contributed by atoms with Crippen LogP contribution in [-0.4, -0.2) is 16.1 Å². The van der Waals surface area contributed by atoms with Crippen LogP contribution in [0.25, 0.3) is 0 Å². The normalized spacial score (nSPS) is 10.1. The minimum Gasteiger partial charge on any atom is -0.237 e. The molecule has 0 saturated heterocycles. The molecule has 0 bridgehead atoms. The molecule has 0 aliphatic rings. The number of hydrogen-bond acceptors (Lipinski definition) is 2. The van der Waals surface area contributed by atoms with Crippen molar-refractivity contribution in [3.05, 3.63) is 18.7 Å². The third-order valence-electron chi connectivity index (χ3n) is 2.14. The predicted octanol–water partition coefficient (Wildman–Crippen LogP) is 1.83. The third-order valence-corrected chi connectivity index (χ3v) is 3.12. The van der Waals surface area contributed by atoms with E-state index in [9.17, 15) is 0 Å². The number of rotatable bonds is 7. The molecular weight excluding hydrogens is 206 g/mol. The number of aryl methyl sites for hydroxylation is 2. The predicted molar refractivity (Wildman–Crippen MR) is 62.5 cm³/mol. The lowest BCUT2D eigenvalue weighted by atomic mass is 10.5. The lowest BCUT2D eigenvalue weighted by Crippen LogP contribution is -2.30. The summed E-state index contributed by atoms with van der Waals surface area (Å²) >= 11 is 1.98. The quantitative estimate of drug-likeness (QED) is 0.523. The topological polar surface area (TPSA) is 32.6 Å². The molecule has 0 radical (unpaired) electrons. The Labute approximate surface area is 95.7 Å². The molecule has 0 atom stereocenters. The minimum atomic E-state index is 0.584. The third kappa shape index (κ3) is 4.89. The highest BCUT2D eigenvalue weighted by Crippen LogP contribution is 2.02. The second-order valence-corrected chi connectivity index (χ2v) is 4.74. The summed E-state index contributed by atoms with van der Waals surface area (Å²) < 4.78 is 4.25. The van der Waals surface area contributed by atoms with E-state index in [0.29, 0.717) is 6.42 Å². The molecule has 0 aromatic carbocycles. The van der Waals surface area contributed by atoms with Gasteiger partial charge < -0.3 is 0 Å². The lowest BCUT2D eigenvalue weighted by Gasteiger charge is -1.96. The molecule has 1 rings (SSSR count). The van der Waals surface area contributed by atoms with E-state index in [4.69, 9.17) is 5.26 Å². The van der Waals surface area contributed by atoms with Crippen LogP contribution in [0, 0.1) is 11.3 Å². The van der Waals surface area contributed by atoms with E-state index >= 15 is 0 Å². The molecule has 0 unspecified atom stereocenters. The first-order valence-electron chi connectivity index (χ1n) is 5.36. The van der Waals surface area contributed by atoms with Gasteiger partial charge in [0.25, 0.3) is 0 Å². The zero-order valence-electron chi connectivity index (χ0n) is 9.22. The molecule has 3 nitrogen and oxygen atoms in total. The Hall–Kier alpha value is -0.950. The molecule has 4 heteroatoms. The second-order valence-electron chi connectivity index (χ2n) is 3.35. The molecule has 0 saturated carbocycles. The van der Waals surface area contributed by atoms with E-state index in [1.54, 1.807) is 0 Å². The molecule has 1 aromatic rings. The van der Waals surface area contributed by atoms with Crippen LogP contribution in [-0.2, 0) is 13.1 Å². The van der Waals surface area contributed by atoms with Crippen LogP contribution in [0.3, 0.4) is 0 Å². The summed E-state index contributed by atoms with van der Waals surface area (Å²) in [5.74, 6) is 2.43. The SMILES string of the molecule is CCSCCCn1cc[n+](CCC#N)c1. The van der Waals surface area contributed by atoms with Crippen molar-refractivity contribution < 1.29 is 4.57 Å². The number of hydrogen-bond donors (Lipinski definition) is 0. The van der Waals surface area contributed by atoms with Crippen molar-refractivity contribution in [3.8, 4) is 6.07 Å². The van der Waals surface area contributed by atoms with Crippen molar-refractivity contribution in [2.45, 2.75) is 32.9 Å². The maximum atomic E-state index is 8.46. The number of nitriles is 1. The number of aromatic nitrogens is 2. The molecule has 0 N–H and O–H groups in total. The molecule has 15 heavy (non-hydrogen) atoms. The van der Waals surface area contributed by atoms with Gasteiger partial charge >= 0.3 is 0 Å². The van der Waals surface area contributed by atoms with Crippen LogP contribution in [0.5, 0.6) is 0 Å². The molecular formula is C11H18N3S+. The molecule has 82 valence electrons. The zero-order valence-corrected chi connectivity index (χ0v) is 10.0. The largest absolute Gasteiger partial charge is 0.243 e. The summed E-state index contributed by atoms with van der Waals surface area (Å²) in [5.41, 5.74) is 0. The lowest BCUT2D eigenvalue weighted by molar-refractivity contribution is -0.695. The van der Waals surface area contributed by atoms with Gasteiger partial charge in [0.2, 0.25) is 6.33 Å². The maximum absolute atomic E-state index is 8.46. The van der Waals surface area contributed by atoms with Crippen LogP contribution in [0.1, 0.15) is 19.8 Å². The Bertz CT molecular complexity index is 314. The van der Waals surface area contributed by atoms with Crippen LogP contribution < -0.4 is 4.57 Å². The highest BCUT2D eigenvalue weighted by Gasteiger charge is 2.02. The molecule has 1 aromatic heterocycles. The molecule has 0 aliphatic heterocycles. The summed E-state index contributed by atoms with van der Waals surface area (Å²) in [6, 6.07) is 2.15. The number of thioether (sulfide) groups is 1. The first kappa shape index (κ1) is 12.1. The van der Waals surface area contributed by atoms with Crippen molar-refractivity contribution in [3.63, 3.8) is 0 Å². The van der Waals surface area contributed by atoms with Gasteiger partial charge in [-0.3, -0.25) is 0 Å². The fraction of sp³-hybridized carbons (Fsp3) is 0.636. The Morgan fingerprint density at radius 3 is 3.13 bits per heavy atom. The summed E-state index contributed by atoms with van der Waals surface area (Å²) in [6.07, 6.45) is 7.98. The van der Waals surface area contributed by atoms with Gasteiger partial charge in [0, 0.05) is 0 Å². The van der Waals surface area contributed by atoms with E-state index in [1.165, 1.54) is 17.9 Å². The smallest absolute Gasteiger partial charge is 0.237 e. The van der Waals surface area contributed by atoms with Gasteiger partial charge in [0.1, 0.15) is 18.9 Å². The highest BCUT2D eigenvalue weighted by atomic mass is 32.2. The minimum absolute atomic E-state index is 0.584. The van der Waals surface area contributed by atoms with Crippen molar-refractivity contribution >= 4 is 11.8 Å². The van der Waals surface area contributed by atoms with Gasteiger partial charge in [-0.05, 0) is 17.9 Å². The summed E-state index contributed by atoms with van der Waals surface area (Å²) in [5, 5.41) is 8.46. The Balaban J connectivity index is 2.24. The second kappa shape index (κ2) is 7.36. The monoisotopic (exact) mass is 224 g/mol. The van der Waals surface area contributed by atoms with E-state index < -0.39 is 0 Å². The highest BCUT2D eigenvalue weighted by molar-refractivity contribution is 7.99. The first-order chi connectivity index (χ1) is 7.36. The number of imidazole rings is 1. The van der Waals surface area contributed by atoms with E-state index in [2.05, 4.69) is 34.7 Å². The fourth-order valence-electron chi connectivity index (χ4n) is 1.38. The molecule has 0 amide bonds. The molecule has 1 heterocycles. The Kier molecular flexibility index (Phi) is 5.94. The van der Waals surface area contributed by atoms with Crippen molar-refractivity contribution in [2.24, 2.45) is 0 Å². The molecule has 0 fully saturated rings. The first-order valence-corrected chi connectivity index (χ1v) is 6.51. The van der Waals surface area contributed by atoms with Crippen molar-refractivity contribution in [1.82, 2.24) is 4.57 Å². The van der Waals surface area contributed by atoms with Gasteiger partial charge in [0.05, 0.1) is 19.0 Å². The van der Waals surface area contributed by atoms with Crippen LogP contribution in [0.4, 0.5) is 0 Å². The average molecular weight is 224 g/mol. The van der Waals surface area contributed by atoms with Gasteiger partial charge in [-0.2, -0.15) is 17.0 Å². The number of nitrogens with zero attached hydrogens (tertiary/aromatic N) is 3. The van der Waals surface area contributed by atoms with E-state index in [0.717, 1.165) is 13.1 Å². The Morgan fingerprint density at radius 1 is 1.53 bits per heavy atom. The van der Waals surface area contributed by atoms with Crippen molar-refractivity contribution in [1.29, 1.82) is 5.26 Å². The standard InChI is InChI=1S/C11H18N3S/c1-2-15-10-4-7-14-9-8-13(11-14)6-3-5-12/h8-9,11H,2-4,6-7,10H2,1H3/q+1. The fourth-order valence-corrected chi connectivity index (χ4v) is 2.00. The van der Waals surface area contributed by atoms with Crippen molar-refractivity contribution in [2.75, 3.05) is 11.5 Å². The summed E-state index contributed by atoms with van der Waals surface area (Å²) in [7, 11) is 0. The zero-order chi connectivity index (χ0) is 10.9. The van der Waals surface area contributed by atoms with Gasteiger partial charge in [-0.15, -0.1) is 0 Å². The average Bonchev–Trinajstić information content (AvgIpc) is 2.69. The maximum Gasteiger partial charge on any atom is 0.243 e.